The Morgan fingerprint density at radius 2 is 2.11 bits per heavy atom. The smallest absolute Gasteiger partial charge is 0.150 e. The Bertz CT molecular complexity index is 524. The van der Waals surface area contributed by atoms with Gasteiger partial charge in [-0.3, -0.25) is 0 Å². The first-order valence-corrected chi connectivity index (χ1v) is 7.92. The van der Waals surface area contributed by atoms with Crippen LogP contribution in [-0.2, 0) is 0 Å². The Balaban J connectivity index is 1.87. The normalized spacial score (nSPS) is 26.9. The second-order valence-electron chi connectivity index (χ2n) is 4.75. The van der Waals surface area contributed by atoms with E-state index in [2.05, 4.69) is 36.2 Å². The lowest BCUT2D eigenvalue weighted by atomic mass is 9.81. The lowest BCUT2D eigenvalue weighted by Crippen LogP contribution is -2.30. The zero-order valence-electron chi connectivity index (χ0n) is 10.2. The number of thiazole rings is 1. The Morgan fingerprint density at radius 1 is 1.33 bits per heavy atom. The highest BCUT2D eigenvalue weighted by Crippen LogP contribution is 2.43. The van der Waals surface area contributed by atoms with Gasteiger partial charge in [-0.25, -0.2) is 4.98 Å². The quantitative estimate of drug-likeness (QED) is 0.906. The van der Waals surface area contributed by atoms with Crippen molar-refractivity contribution in [1.82, 2.24) is 4.98 Å². The van der Waals surface area contributed by atoms with E-state index in [1.807, 2.05) is 23.3 Å². The molecule has 2 N–H and O–H groups in total. The van der Waals surface area contributed by atoms with E-state index < -0.39 is 0 Å². The average Bonchev–Trinajstić information content (AvgIpc) is 2.89. The maximum Gasteiger partial charge on any atom is 0.150 e. The standard InChI is InChI=1S/C14H16N2S2/c1-9-8-12(18-14-16-6-7-17-14)13(15)11-5-3-2-4-10(9)11/h2-7,9,12-13H,8,15H2,1H3. The van der Waals surface area contributed by atoms with Gasteiger partial charge in [-0.05, 0) is 23.5 Å². The van der Waals surface area contributed by atoms with Crippen LogP contribution in [0, 0.1) is 0 Å². The molecule has 2 aromatic rings. The van der Waals surface area contributed by atoms with E-state index >= 15 is 0 Å². The summed E-state index contributed by atoms with van der Waals surface area (Å²) in [7, 11) is 0. The molecule has 0 bridgehead atoms. The molecule has 1 aromatic heterocycles. The molecule has 1 aromatic carbocycles. The number of hydrogen-bond acceptors (Lipinski definition) is 4. The molecule has 1 aliphatic carbocycles. The van der Waals surface area contributed by atoms with E-state index in [1.54, 1.807) is 11.3 Å². The van der Waals surface area contributed by atoms with Gasteiger partial charge in [0.15, 0.2) is 0 Å². The molecule has 0 amide bonds. The van der Waals surface area contributed by atoms with E-state index in [-0.39, 0.29) is 6.04 Å². The van der Waals surface area contributed by atoms with Crippen molar-refractivity contribution in [2.45, 2.75) is 34.9 Å². The van der Waals surface area contributed by atoms with Crippen LogP contribution in [0.2, 0.25) is 0 Å². The molecule has 1 aliphatic rings. The minimum Gasteiger partial charge on any atom is -0.323 e. The summed E-state index contributed by atoms with van der Waals surface area (Å²) in [4.78, 5) is 4.35. The van der Waals surface area contributed by atoms with Gasteiger partial charge in [0.1, 0.15) is 4.34 Å². The zero-order valence-corrected chi connectivity index (χ0v) is 11.9. The monoisotopic (exact) mass is 276 g/mol. The third kappa shape index (κ3) is 2.20. The summed E-state index contributed by atoms with van der Waals surface area (Å²) in [5.74, 6) is 0.582. The first-order valence-electron chi connectivity index (χ1n) is 6.16. The largest absolute Gasteiger partial charge is 0.323 e. The number of aromatic nitrogens is 1. The van der Waals surface area contributed by atoms with Crippen molar-refractivity contribution < 1.29 is 0 Å². The van der Waals surface area contributed by atoms with Gasteiger partial charge in [0, 0.05) is 22.9 Å². The molecular formula is C14H16N2S2. The molecule has 4 heteroatoms. The molecule has 0 saturated heterocycles. The summed E-state index contributed by atoms with van der Waals surface area (Å²) in [6, 6.07) is 8.69. The van der Waals surface area contributed by atoms with Crippen LogP contribution in [-0.4, -0.2) is 10.2 Å². The summed E-state index contributed by atoms with van der Waals surface area (Å²) >= 11 is 3.53. The van der Waals surface area contributed by atoms with Gasteiger partial charge >= 0.3 is 0 Å². The molecule has 3 atom stereocenters. The number of fused-ring (bicyclic) bond motifs is 1. The molecular weight excluding hydrogens is 260 g/mol. The number of hydrogen-bond donors (Lipinski definition) is 1. The van der Waals surface area contributed by atoms with Crippen LogP contribution in [0.1, 0.15) is 36.4 Å². The molecule has 0 aliphatic heterocycles. The lowest BCUT2D eigenvalue weighted by molar-refractivity contribution is 0.527. The number of benzene rings is 1. The van der Waals surface area contributed by atoms with Crippen molar-refractivity contribution in [3.8, 4) is 0 Å². The SMILES string of the molecule is CC1CC(Sc2nccs2)C(N)c2ccccc21. The Hall–Kier alpha value is -0.840. The summed E-state index contributed by atoms with van der Waals surface area (Å²) in [6.45, 7) is 2.29. The molecule has 94 valence electrons. The molecule has 3 rings (SSSR count). The number of rotatable bonds is 2. The fraction of sp³-hybridized carbons (Fsp3) is 0.357. The van der Waals surface area contributed by atoms with Gasteiger partial charge in [-0.1, -0.05) is 43.0 Å². The first kappa shape index (κ1) is 12.2. The van der Waals surface area contributed by atoms with Crippen molar-refractivity contribution in [2.24, 2.45) is 5.73 Å². The van der Waals surface area contributed by atoms with Crippen molar-refractivity contribution in [2.75, 3.05) is 0 Å². The summed E-state index contributed by atoms with van der Waals surface area (Å²) < 4.78 is 1.13. The topological polar surface area (TPSA) is 38.9 Å². The van der Waals surface area contributed by atoms with Crippen molar-refractivity contribution >= 4 is 23.1 Å². The van der Waals surface area contributed by atoms with E-state index in [0.29, 0.717) is 11.2 Å². The Kier molecular flexibility index (Phi) is 3.41. The van der Waals surface area contributed by atoms with E-state index in [9.17, 15) is 0 Å². The van der Waals surface area contributed by atoms with Crippen molar-refractivity contribution in [1.29, 1.82) is 0 Å². The maximum atomic E-state index is 6.43. The van der Waals surface area contributed by atoms with Gasteiger partial charge in [0.2, 0.25) is 0 Å². The minimum atomic E-state index is 0.117. The summed E-state index contributed by atoms with van der Waals surface area (Å²) in [5, 5.41) is 2.45. The first-order chi connectivity index (χ1) is 8.75. The zero-order chi connectivity index (χ0) is 12.5. The van der Waals surface area contributed by atoms with Crippen LogP contribution in [0.4, 0.5) is 0 Å². The minimum absolute atomic E-state index is 0.117. The molecule has 2 nitrogen and oxygen atoms in total. The molecule has 18 heavy (non-hydrogen) atoms. The van der Waals surface area contributed by atoms with E-state index in [1.165, 1.54) is 11.1 Å². The highest BCUT2D eigenvalue weighted by Gasteiger charge is 2.31. The lowest BCUT2D eigenvalue weighted by Gasteiger charge is -2.34. The van der Waals surface area contributed by atoms with Gasteiger partial charge < -0.3 is 5.73 Å². The van der Waals surface area contributed by atoms with Crippen molar-refractivity contribution in [3.63, 3.8) is 0 Å². The molecule has 1 heterocycles. The summed E-state index contributed by atoms with van der Waals surface area (Å²) in [6.07, 6.45) is 2.99. The molecule has 0 fully saturated rings. The van der Waals surface area contributed by atoms with Crippen LogP contribution in [0.5, 0.6) is 0 Å². The molecule has 0 radical (unpaired) electrons. The highest BCUT2D eigenvalue weighted by molar-refractivity contribution is 8.01. The molecule has 0 saturated carbocycles. The predicted octanol–water partition coefficient (Wildman–Crippen LogP) is 3.81. The number of nitrogens with zero attached hydrogens (tertiary/aromatic N) is 1. The second-order valence-corrected chi connectivity index (χ2v) is 7.13. The number of nitrogens with two attached hydrogens (primary N) is 1. The summed E-state index contributed by atoms with van der Waals surface area (Å²) in [5.41, 5.74) is 9.15. The third-order valence-corrected chi connectivity index (χ3v) is 5.77. The maximum absolute atomic E-state index is 6.43. The average molecular weight is 276 g/mol. The predicted molar refractivity (Wildman–Crippen MR) is 78.2 cm³/mol. The highest BCUT2D eigenvalue weighted by atomic mass is 32.2. The fourth-order valence-electron chi connectivity index (χ4n) is 2.61. The van der Waals surface area contributed by atoms with Gasteiger partial charge in [0.05, 0.1) is 0 Å². The molecule has 3 unspecified atom stereocenters. The van der Waals surface area contributed by atoms with Crippen LogP contribution < -0.4 is 5.73 Å². The second kappa shape index (κ2) is 5.03. The third-order valence-electron chi connectivity index (χ3n) is 3.53. The van der Waals surface area contributed by atoms with Gasteiger partial charge in [-0.15, -0.1) is 11.3 Å². The van der Waals surface area contributed by atoms with Gasteiger partial charge in [0.25, 0.3) is 0 Å². The van der Waals surface area contributed by atoms with Gasteiger partial charge in [-0.2, -0.15) is 0 Å². The number of thioether (sulfide) groups is 1. The van der Waals surface area contributed by atoms with Crippen molar-refractivity contribution in [3.05, 3.63) is 47.0 Å². The Labute approximate surface area is 116 Å². The Morgan fingerprint density at radius 3 is 2.83 bits per heavy atom. The van der Waals surface area contributed by atoms with Crippen LogP contribution in [0.15, 0.2) is 40.2 Å². The van der Waals surface area contributed by atoms with Crippen LogP contribution in [0.25, 0.3) is 0 Å². The van der Waals surface area contributed by atoms with E-state index in [0.717, 1.165) is 10.8 Å². The van der Waals surface area contributed by atoms with E-state index in [4.69, 9.17) is 5.73 Å². The molecule has 0 spiro atoms. The fourth-order valence-corrected chi connectivity index (χ4v) is 4.78. The van der Waals surface area contributed by atoms with Crippen LogP contribution >= 0.6 is 23.1 Å². The van der Waals surface area contributed by atoms with Crippen LogP contribution in [0.3, 0.4) is 0 Å².